The topological polar surface area (TPSA) is 93.0 Å². The van der Waals surface area contributed by atoms with Gasteiger partial charge in [0.2, 0.25) is 5.91 Å². The molecule has 26 heavy (non-hydrogen) atoms. The van der Waals surface area contributed by atoms with Gasteiger partial charge in [0, 0.05) is 17.0 Å². The van der Waals surface area contributed by atoms with Gasteiger partial charge < -0.3 is 15.8 Å². The first-order chi connectivity index (χ1) is 12.7. The number of methoxy groups -OCH3 is 1. The number of hydrogen-bond acceptors (Lipinski definition) is 4. The number of fused-ring (bicyclic) bond motifs is 1. The highest BCUT2D eigenvalue weighted by molar-refractivity contribution is 5.94. The molecule has 3 aromatic rings. The molecule has 0 saturated heterocycles. The van der Waals surface area contributed by atoms with Crippen LogP contribution in [0.2, 0.25) is 0 Å². The SMILES string of the molecule is CC.COc1ccc(NC(=O)C2CC2)cc1.Nc1n[nH]c2ccccc12. The quantitative estimate of drug-likeness (QED) is 0.656. The highest BCUT2D eigenvalue weighted by atomic mass is 16.5. The number of nitrogens with one attached hydrogen (secondary N) is 2. The maximum atomic E-state index is 11.4. The summed E-state index contributed by atoms with van der Waals surface area (Å²) in [6.07, 6.45) is 2.06. The van der Waals surface area contributed by atoms with Gasteiger partial charge in [-0.1, -0.05) is 26.0 Å². The predicted octanol–water partition coefficient (Wildman–Crippen LogP) is 4.22. The lowest BCUT2D eigenvalue weighted by Gasteiger charge is -2.04. The molecule has 4 N–H and O–H groups in total. The first-order valence-electron chi connectivity index (χ1n) is 8.81. The lowest BCUT2D eigenvalue weighted by atomic mass is 10.2. The van der Waals surface area contributed by atoms with E-state index < -0.39 is 0 Å². The average Bonchev–Trinajstić information content (AvgIpc) is 3.49. The van der Waals surface area contributed by atoms with Gasteiger partial charge in [-0.3, -0.25) is 9.89 Å². The van der Waals surface area contributed by atoms with Crippen LogP contribution in [0, 0.1) is 5.92 Å². The van der Waals surface area contributed by atoms with Gasteiger partial charge in [-0.15, -0.1) is 0 Å². The molecule has 1 aliphatic carbocycles. The molecular formula is C20H26N4O2. The smallest absolute Gasteiger partial charge is 0.227 e. The second-order valence-electron chi connectivity index (χ2n) is 5.65. The number of nitrogens with zero attached hydrogens (tertiary/aromatic N) is 1. The summed E-state index contributed by atoms with van der Waals surface area (Å²) in [5.41, 5.74) is 7.36. The molecule has 138 valence electrons. The molecule has 0 radical (unpaired) electrons. The van der Waals surface area contributed by atoms with Crippen molar-refractivity contribution in [2.24, 2.45) is 5.92 Å². The van der Waals surface area contributed by atoms with E-state index in [0.717, 1.165) is 35.2 Å². The number of carbonyl (C=O) groups excluding carboxylic acids is 1. The van der Waals surface area contributed by atoms with Crippen LogP contribution in [0.4, 0.5) is 11.5 Å². The van der Waals surface area contributed by atoms with Crippen molar-refractivity contribution in [3.63, 3.8) is 0 Å². The maximum absolute atomic E-state index is 11.4. The number of nitrogen functional groups attached to an aromatic ring is 1. The van der Waals surface area contributed by atoms with E-state index in [-0.39, 0.29) is 11.8 Å². The van der Waals surface area contributed by atoms with Crippen LogP contribution >= 0.6 is 0 Å². The fourth-order valence-corrected chi connectivity index (χ4v) is 2.25. The Morgan fingerprint density at radius 3 is 2.38 bits per heavy atom. The Balaban J connectivity index is 0.000000178. The second kappa shape index (κ2) is 9.46. The highest BCUT2D eigenvalue weighted by Gasteiger charge is 2.29. The second-order valence-corrected chi connectivity index (χ2v) is 5.65. The zero-order valence-electron chi connectivity index (χ0n) is 15.5. The van der Waals surface area contributed by atoms with Crippen molar-refractivity contribution in [3.8, 4) is 5.75 Å². The Morgan fingerprint density at radius 2 is 1.81 bits per heavy atom. The van der Waals surface area contributed by atoms with Crippen molar-refractivity contribution < 1.29 is 9.53 Å². The van der Waals surface area contributed by atoms with E-state index in [1.807, 2.05) is 62.4 Å². The fourth-order valence-electron chi connectivity index (χ4n) is 2.25. The van der Waals surface area contributed by atoms with Gasteiger partial charge >= 0.3 is 0 Å². The molecule has 6 heteroatoms. The van der Waals surface area contributed by atoms with E-state index in [2.05, 4.69) is 15.5 Å². The molecule has 1 heterocycles. The number of hydrogen-bond donors (Lipinski definition) is 3. The lowest BCUT2D eigenvalue weighted by molar-refractivity contribution is -0.117. The van der Waals surface area contributed by atoms with Gasteiger partial charge in [0.1, 0.15) is 5.75 Å². The zero-order chi connectivity index (χ0) is 18.9. The van der Waals surface area contributed by atoms with E-state index in [9.17, 15) is 4.79 Å². The number of aromatic amines is 1. The number of amides is 1. The molecule has 2 aromatic carbocycles. The number of ether oxygens (including phenoxy) is 1. The van der Waals surface area contributed by atoms with E-state index in [1.165, 1.54) is 0 Å². The number of para-hydroxylation sites is 1. The minimum atomic E-state index is 0.134. The van der Waals surface area contributed by atoms with E-state index >= 15 is 0 Å². The molecule has 1 fully saturated rings. The molecule has 0 unspecified atom stereocenters. The fraction of sp³-hybridized carbons (Fsp3) is 0.300. The van der Waals surface area contributed by atoms with Crippen molar-refractivity contribution in [2.75, 3.05) is 18.2 Å². The Labute approximate surface area is 153 Å². The predicted molar refractivity (Wildman–Crippen MR) is 106 cm³/mol. The van der Waals surface area contributed by atoms with Crippen LogP contribution in [0.15, 0.2) is 48.5 Å². The molecule has 1 aromatic heterocycles. The van der Waals surface area contributed by atoms with Crippen LogP contribution in [0.1, 0.15) is 26.7 Å². The Morgan fingerprint density at radius 1 is 1.15 bits per heavy atom. The van der Waals surface area contributed by atoms with Crippen molar-refractivity contribution in [3.05, 3.63) is 48.5 Å². The van der Waals surface area contributed by atoms with Gasteiger partial charge in [-0.2, -0.15) is 5.10 Å². The minimum absolute atomic E-state index is 0.134. The summed E-state index contributed by atoms with van der Waals surface area (Å²) >= 11 is 0. The first kappa shape index (κ1) is 19.3. The zero-order valence-corrected chi connectivity index (χ0v) is 15.5. The summed E-state index contributed by atoms with van der Waals surface area (Å²) in [5.74, 6) is 1.75. The van der Waals surface area contributed by atoms with Crippen molar-refractivity contribution in [1.82, 2.24) is 10.2 Å². The van der Waals surface area contributed by atoms with Crippen LogP contribution in [0.5, 0.6) is 5.75 Å². The molecule has 1 amide bonds. The molecule has 0 atom stereocenters. The lowest BCUT2D eigenvalue weighted by Crippen LogP contribution is -2.12. The Bertz CT molecular complexity index is 823. The van der Waals surface area contributed by atoms with Crippen molar-refractivity contribution in [1.29, 1.82) is 0 Å². The van der Waals surface area contributed by atoms with Gasteiger partial charge in [0.15, 0.2) is 5.82 Å². The summed E-state index contributed by atoms with van der Waals surface area (Å²) < 4.78 is 5.02. The number of nitrogens with two attached hydrogens (primary N) is 1. The summed E-state index contributed by atoms with van der Waals surface area (Å²) in [5, 5.41) is 10.5. The third-order valence-electron chi connectivity index (χ3n) is 3.81. The Hall–Kier alpha value is -3.02. The summed E-state index contributed by atoms with van der Waals surface area (Å²) in [6.45, 7) is 4.00. The third kappa shape index (κ3) is 5.24. The number of rotatable bonds is 3. The van der Waals surface area contributed by atoms with Gasteiger partial charge in [-0.05, 0) is 49.2 Å². The van der Waals surface area contributed by atoms with Crippen LogP contribution < -0.4 is 15.8 Å². The van der Waals surface area contributed by atoms with Crippen molar-refractivity contribution in [2.45, 2.75) is 26.7 Å². The molecular weight excluding hydrogens is 328 g/mol. The average molecular weight is 354 g/mol. The molecule has 1 saturated carbocycles. The minimum Gasteiger partial charge on any atom is -0.497 e. The summed E-state index contributed by atoms with van der Waals surface area (Å²) in [7, 11) is 1.62. The summed E-state index contributed by atoms with van der Waals surface area (Å²) in [6, 6.07) is 15.1. The van der Waals surface area contributed by atoms with Crippen LogP contribution in [-0.2, 0) is 4.79 Å². The van der Waals surface area contributed by atoms with Gasteiger partial charge in [0.25, 0.3) is 0 Å². The maximum Gasteiger partial charge on any atom is 0.227 e. The molecule has 4 rings (SSSR count). The van der Waals surface area contributed by atoms with Gasteiger partial charge in [-0.25, -0.2) is 0 Å². The number of aromatic nitrogens is 2. The highest BCUT2D eigenvalue weighted by Crippen LogP contribution is 2.30. The normalized spacial score (nSPS) is 12.3. The molecule has 0 spiro atoms. The number of carbonyl (C=O) groups is 1. The standard InChI is InChI=1S/C11H13NO2.C7H7N3.C2H6/c1-14-10-6-4-9(5-7-10)12-11(13)8-2-3-8;8-7-5-3-1-2-4-6(5)9-10-7;1-2/h4-8H,2-3H2,1H3,(H,12,13);1-4H,(H3,8,9,10);1-2H3. The van der Waals surface area contributed by atoms with Crippen LogP contribution in [0.25, 0.3) is 10.9 Å². The van der Waals surface area contributed by atoms with Crippen molar-refractivity contribution >= 4 is 28.3 Å². The number of anilines is 2. The first-order valence-corrected chi connectivity index (χ1v) is 8.81. The van der Waals surface area contributed by atoms with E-state index in [4.69, 9.17) is 10.5 Å². The molecule has 6 nitrogen and oxygen atoms in total. The molecule has 1 aliphatic rings. The Kier molecular flexibility index (Phi) is 7.02. The number of benzene rings is 2. The molecule has 0 aliphatic heterocycles. The monoisotopic (exact) mass is 354 g/mol. The van der Waals surface area contributed by atoms with Crippen LogP contribution in [0.3, 0.4) is 0 Å². The summed E-state index contributed by atoms with van der Waals surface area (Å²) in [4.78, 5) is 11.4. The van der Waals surface area contributed by atoms with Gasteiger partial charge in [0.05, 0.1) is 12.6 Å². The van der Waals surface area contributed by atoms with Crippen LogP contribution in [-0.4, -0.2) is 23.2 Å². The number of H-pyrrole nitrogens is 1. The third-order valence-corrected chi connectivity index (χ3v) is 3.81. The van der Waals surface area contributed by atoms with E-state index in [0.29, 0.717) is 5.82 Å². The largest absolute Gasteiger partial charge is 0.497 e. The van der Waals surface area contributed by atoms with E-state index in [1.54, 1.807) is 7.11 Å². The molecule has 0 bridgehead atoms.